The van der Waals surface area contributed by atoms with Gasteiger partial charge in [0, 0.05) is 17.0 Å². The number of thiophene rings is 1. The van der Waals surface area contributed by atoms with E-state index in [1.54, 1.807) is 28.1 Å². The number of rotatable bonds is 4. The summed E-state index contributed by atoms with van der Waals surface area (Å²) in [6, 6.07) is 7.02. The van der Waals surface area contributed by atoms with Gasteiger partial charge in [0.1, 0.15) is 11.5 Å². The van der Waals surface area contributed by atoms with Gasteiger partial charge in [-0.15, -0.1) is 22.7 Å². The second-order valence-electron chi connectivity index (χ2n) is 5.99. The van der Waals surface area contributed by atoms with Crippen molar-refractivity contribution >= 4 is 28.9 Å². The molecule has 7 heteroatoms. The zero-order chi connectivity index (χ0) is 17.4. The Balaban J connectivity index is 1.83. The molecule has 0 amide bonds. The second-order valence-corrected chi connectivity index (χ2v) is 7.77. The third-order valence-corrected chi connectivity index (χ3v) is 5.76. The number of nitrogens with zero attached hydrogens (tertiary/aromatic N) is 3. The molecule has 2 N–H and O–H groups in total. The highest BCUT2D eigenvalue weighted by Gasteiger charge is 2.21. The average molecular weight is 371 g/mol. The molecular weight excluding hydrogens is 354 g/mol. The van der Waals surface area contributed by atoms with Crippen LogP contribution < -0.4 is 4.80 Å². The number of hydrogen-bond donors (Lipinski definition) is 2. The molecule has 2 aromatic heterocycles. The molecule has 2 heterocycles. The Bertz CT molecular complexity index is 1010. The van der Waals surface area contributed by atoms with Gasteiger partial charge in [-0.2, -0.15) is 5.10 Å². The standard InChI is InChI=1S/C18H17N3O2S2/c1-11-6-7-24-17(11)9-19-21-15(10-25-18(21)20-12-2-3-12)14-5-4-13(22)8-16(14)23/h4-10,12,22-23H,2-3H2,1H3/b19-9+,20-18?. The van der Waals surface area contributed by atoms with Crippen LogP contribution >= 0.6 is 22.7 Å². The molecule has 0 atom stereocenters. The molecule has 1 aromatic carbocycles. The molecule has 1 aliphatic rings. The molecule has 4 rings (SSSR count). The quantitative estimate of drug-likeness (QED) is 0.682. The minimum absolute atomic E-state index is 0.0204. The fourth-order valence-electron chi connectivity index (χ4n) is 2.41. The number of aromatic hydroxyl groups is 2. The highest BCUT2D eigenvalue weighted by molar-refractivity contribution is 7.11. The molecule has 1 saturated carbocycles. The van der Waals surface area contributed by atoms with Crippen LogP contribution in [0.5, 0.6) is 11.5 Å². The smallest absolute Gasteiger partial charge is 0.206 e. The summed E-state index contributed by atoms with van der Waals surface area (Å²) < 4.78 is 1.77. The highest BCUT2D eigenvalue weighted by atomic mass is 32.1. The SMILES string of the molecule is Cc1ccsc1/C=N/n1c(-c2ccc(O)cc2O)csc1=NC1CC1. The molecule has 0 radical (unpaired) electrons. The summed E-state index contributed by atoms with van der Waals surface area (Å²) in [6.07, 6.45) is 4.07. The monoisotopic (exact) mass is 371 g/mol. The predicted octanol–water partition coefficient (Wildman–Crippen LogP) is 3.94. The highest BCUT2D eigenvalue weighted by Crippen LogP contribution is 2.32. The summed E-state index contributed by atoms with van der Waals surface area (Å²) in [4.78, 5) is 6.64. The van der Waals surface area contributed by atoms with Gasteiger partial charge in [-0.25, -0.2) is 4.68 Å². The maximum absolute atomic E-state index is 10.2. The Morgan fingerprint density at radius 2 is 2.04 bits per heavy atom. The lowest BCUT2D eigenvalue weighted by atomic mass is 10.1. The van der Waals surface area contributed by atoms with Gasteiger partial charge in [-0.1, -0.05) is 0 Å². The van der Waals surface area contributed by atoms with Crippen molar-refractivity contribution in [3.8, 4) is 22.8 Å². The van der Waals surface area contributed by atoms with Gasteiger partial charge in [0.25, 0.3) is 0 Å². The van der Waals surface area contributed by atoms with Crippen LogP contribution in [0.3, 0.4) is 0 Å². The van der Waals surface area contributed by atoms with Crippen molar-refractivity contribution < 1.29 is 10.2 Å². The Kier molecular flexibility index (Phi) is 4.19. The Hall–Kier alpha value is -2.38. The average Bonchev–Trinajstić information content (AvgIpc) is 3.17. The Morgan fingerprint density at radius 1 is 1.20 bits per heavy atom. The normalized spacial score (nSPS) is 15.3. The van der Waals surface area contributed by atoms with E-state index in [-0.39, 0.29) is 11.5 Å². The topological polar surface area (TPSA) is 70.1 Å². The minimum atomic E-state index is 0.0204. The van der Waals surface area contributed by atoms with Crippen LogP contribution in [0.4, 0.5) is 0 Å². The van der Waals surface area contributed by atoms with Crippen LogP contribution in [0.25, 0.3) is 11.3 Å². The first-order valence-corrected chi connectivity index (χ1v) is 9.73. The van der Waals surface area contributed by atoms with Crippen LogP contribution in [0.2, 0.25) is 0 Å². The van der Waals surface area contributed by atoms with E-state index in [4.69, 9.17) is 4.99 Å². The van der Waals surface area contributed by atoms with Crippen molar-refractivity contribution in [1.29, 1.82) is 0 Å². The molecule has 3 aromatic rings. The summed E-state index contributed by atoms with van der Waals surface area (Å²) in [5.41, 5.74) is 2.55. The maximum Gasteiger partial charge on any atom is 0.206 e. The van der Waals surface area contributed by atoms with E-state index in [0.29, 0.717) is 11.6 Å². The molecule has 1 fully saturated rings. The van der Waals surface area contributed by atoms with Crippen molar-refractivity contribution in [1.82, 2.24) is 4.68 Å². The largest absolute Gasteiger partial charge is 0.508 e. The number of aryl methyl sites for hydroxylation is 1. The number of benzene rings is 1. The minimum Gasteiger partial charge on any atom is -0.508 e. The molecule has 0 spiro atoms. The van der Waals surface area contributed by atoms with E-state index in [1.807, 2.05) is 17.0 Å². The lowest BCUT2D eigenvalue weighted by molar-refractivity contribution is 0.451. The first-order valence-electron chi connectivity index (χ1n) is 7.97. The van der Waals surface area contributed by atoms with E-state index in [9.17, 15) is 10.2 Å². The van der Waals surface area contributed by atoms with Gasteiger partial charge >= 0.3 is 0 Å². The fourth-order valence-corrected chi connectivity index (χ4v) is 4.09. The number of phenols is 2. The van der Waals surface area contributed by atoms with Gasteiger partial charge in [0.15, 0.2) is 0 Å². The van der Waals surface area contributed by atoms with Crippen LogP contribution in [0, 0.1) is 6.92 Å². The fraction of sp³-hybridized carbons (Fsp3) is 0.222. The van der Waals surface area contributed by atoms with Crippen LogP contribution in [-0.2, 0) is 0 Å². The van der Waals surface area contributed by atoms with Crippen molar-refractivity contribution in [3.05, 3.63) is 50.3 Å². The lowest BCUT2D eigenvalue weighted by Crippen LogP contribution is -2.13. The second kappa shape index (κ2) is 6.50. The Morgan fingerprint density at radius 3 is 2.72 bits per heavy atom. The zero-order valence-electron chi connectivity index (χ0n) is 13.6. The van der Waals surface area contributed by atoms with Crippen molar-refractivity contribution in [2.24, 2.45) is 10.1 Å². The molecule has 0 aliphatic heterocycles. The summed E-state index contributed by atoms with van der Waals surface area (Å²) >= 11 is 3.14. The zero-order valence-corrected chi connectivity index (χ0v) is 15.2. The summed E-state index contributed by atoms with van der Waals surface area (Å²) in [7, 11) is 0. The Labute approximate surface area is 152 Å². The number of phenolic OH excluding ortho intramolecular Hbond substituents is 2. The summed E-state index contributed by atoms with van der Waals surface area (Å²) in [5, 5.41) is 28.4. The lowest BCUT2D eigenvalue weighted by Gasteiger charge is -2.06. The van der Waals surface area contributed by atoms with Crippen molar-refractivity contribution in [3.63, 3.8) is 0 Å². The first-order chi connectivity index (χ1) is 12.1. The van der Waals surface area contributed by atoms with Gasteiger partial charge in [0.2, 0.25) is 4.80 Å². The van der Waals surface area contributed by atoms with Gasteiger partial charge in [0.05, 0.1) is 22.8 Å². The van der Waals surface area contributed by atoms with E-state index in [0.717, 1.165) is 28.2 Å². The number of aromatic nitrogens is 1. The molecule has 1 aliphatic carbocycles. The molecule has 5 nitrogen and oxygen atoms in total. The number of thiazole rings is 1. The molecule has 25 heavy (non-hydrogen) atoms. The van der Waals surface area contributed by atoms with Crippen LogP contribution in [0.15, 0.2) is 45.1 Å². The summed E-state index contributed by atoms with van der Waals surface area (Å²) in [6.45, 7) is 2.05. The van der Waals surface area contributed by atoms with Crippen molar-refractivity contribution in [2.45, 2.75) is 25.8 Å². The van der Waals surface area contributed by atoms with E-state index < -0.39 is 0 Å². The predicted molar refractivity (Wildman–Crippen MR) is 102 cm³/mol. The van der Waals surface area contributed by atoms with Crippen LogP contribution in [-0.4, -0.2) is 27.1 Å². The van der Waals surface area contributed by atoms with Gasteiger partial charge in [-0.05, 0) is 48.9 Å². The molecular formula is C18H17N3O2S2. The molecule has 0 bridgehead atoms. The summed E-state index contributed by atoms with van der Waals surface area (Å²) in [5.74, 6) is 0.0515. The molecule has 0 unspecified atom stereocenters. The molecule has 128 valence electrons. The first kappa shape index (κ1) is 16.1. The van der Waals surface area contributed by atoms with Gasteiger partial charge in [-0.3, -0.25) is 4.99 Å². The molecule has 0 saturated heterocycles. The maximum atomic E-state index is 10.2. The van der Waals surface area contributed by atoms with E-state index >= 15 is 0 Å². The van der Waals surface area contributed by atoms with Crippen molar-refractivity contribution in [2.75, 3.05) is 0 Å². The third kappa shape index (κ3) is 3.38. The van der Waals surface area contributed by atoms with E-state index in [1.165, 1.54) is 23.0 Å². The van der Waals surface area contributed by atoms with Crippen LogP contribution in [0.1, 0.15) is 23.3 Å². The number of hydrogen-bond acceptors (Lipinski definition) is 6. The van der Waals surface area contributed by atoms with E-state index in [2.05, 4.69) is 18.1 Å². The third-order valence-electron chi connectivity index (χ3n) is 3.97. The van der Waals surface area contributed by atoms with Gasteiger partial charge < -0.3 is 10.2 Å².